The first-order valence-electron chi connectivity index (χ1n) is 5.24. The summed E-state index contributed by atoms with van der Waals surface area (Å²) < 4.78 is 0. The Kier molecular flexibility index (Phi) is 4.16. The molecule has 18 heavy (non-hydrogen) atoms. The standard InChI is InChI=1S/C13H11NO2.ClH.H2O/c15-13(16)11-7-10-4-1-3-9-5-2-6-14(8-11)12(9)10;;/h1-5,7H,6,8H2,(H,15,16);1H;1H2. The SMILES string of the molecule is Cl.O.O=C(O)C1=Cc2cccc3c2N(CC=C3)C1. The van der Waals surface area contributed by atoms with Gasteiger partial charge in [0, 0.05) is 6.54 Å². The molecule has 3 rings (SSSR count). The molecule has 0 aliphatic carbocycles. The molecule has 0 saturated heterocycles. The van der Waals surface area contributed by atoms with Gasteiger partial charge in [0.2, 0.25) is 0 Å². The Morgan fingerprint density at radius 3 is 2.72 bits per heavy atom. The number of carboxylic acid groups (broad SMARTS) is 1. The lowest BCUT2D eigenvalue weighted by Gasteiger charge is -2.33. The summed E-state index contributed by atoms with van der Waals surface area (Å²) in [7, 11) is 0. The van der Waals surface area contributed by atoms with Crippen molar-refractivity contribution in [2.45, 2.75) is 0 Å². The number of carbonyl (C=O) groups is 1. The molecule has 0 radical (unpaired) electrons. The third-order valence-corrected chi connectivity index (χ3v) is 3.00. The third kappa shape index (κ3) is 2.12. The maximum atomic E-state index is 11.0. The molecule has 5 heteroatoms. The van der Waals surface area contributed by atoms with Crippen LogP contribution in [-0.2, 0) is 4.79 Å². The third-order valence-electron chi connectivity index (χ3n) is 3.00. The first kappa shape index (κ1) is 14.3. The second kappa shape index (κ2) is 5.25. The van der Waals surface area contributed by atoms with Gasteiger partial charge >= 0.3 is 5.97 Å². The quantitative estimate of drug-likeness (QED) is 0.840. The highest BCUT2D eigenvalue weighted by molar-refractivity contribution is 5.97. The molecule has 0 unspecified atom stereocenters. The van der Waals surface area contributed by atoms with Crippen LogP contribution in [0.15, 0.2) is 29.8 Å². The van der Waals surface area contributed by atoms with E-state index in [9.17, 15) is 4.79 Å². The minimum Gasteiger partial charge on any atom is -0.478 e. The molecule has 2 heterocycles. The van der Waals surface area contributed by atoms with E-state index < -0.39 is 5.97 Å². The molecule has 1 aromatic rings. The highest BCUT2D eigenvalue weighted by Crippen LogP contribution is 2.35. The Morgan fingerprint density at radius 1 is 1.28 bits per heavy atom. The molecule has 3 N–H and O–H groups in total. The molecule has 0 spiro atoms. The van der Waals surface area contributed by atoms with Gasteiger partial charge in [-0.05, 0) is 17.2 Å². The first-order valence-corrected chi connectivity index (χ1v) is 5.24. The van der Waals surface area contributed by atoms with Crippen molar-refractivity contribution in [3.63, 3.8) is 0 Å². The Morgan fingerprint density at radius 2 is 2.00 bits per heavy atom. The fraction of sp³-hybridized carbons (Fsp3) is 0.154. The number of hydrogen-bond donors (Lipinski definition) is 1. The van der Waals surface area contributed by atoms with Crippen LogP contribution in [-0.4, -0.2) is 29.6 Å². The molecule has 2 aliphatic rings. The maximum absolute atomic E-state index is 11.0. The summed E-state index contributed by atoms with van der Waals surface area (Å²) in [6, 6.07) is 5.98. The number of halogens is 1. The lowest BCUT2D eigenvalue weighted by Crippen LogP contribution is -2.33. The van der Waals surface area contributed by atoms with Crippen molar-refractivity contribution in [3.05, 3.63) is 41.0 Å². The first-order chi connectivity index (χ1) is 7.75. The van der Waals surface area contributed by atoms with E-state index in [2.05, 4.69) is 23.1 Å². The maximum Gasteiger partial charge on any atom is 0.333 e. The van der Waals surface area contributed by atoms with Crippen molar-refractivity contribution in [2.24, 2.45) is 0 Å². The normalized spacial score (nSPS) is 14.9. The van der Waals surface area contributed by atoms with E-state index in [1.54, 1.807) is 6.08 Å². The van der Waals surface area contributed by atoms with Crippen LogP contribution in [0.2, 0.25) is 0 Å². The van der Waals surface area contributed by atoms with Crippen LogP contribution < -0.4 is 4.90 Å². The number of carboxylic acids is 1. The van der Waals surface area contributed by atoms with E-state index in [1.807, 2.05) is 12.1 Å². The predicted molar refractivity (Wildman–Crippen MR) is 74.2 cm³/mol. The Bertz CT molecular complexity index is 537. The summed E-state index contributed by atoms with van der Waals surface area (Å²) in [5, 5.41) is 9.05. The van der Waals surface area contributed by atoms with Crippen molar-refractivity contribution in [1.82, 2.24) is 0 Å². The van der Waals surface area contributed by atoms with Gasteiger partial charge in [-0.2, -0.15) is 0 Å². The van der Waals surface area contributed by atoms with E-state index in [4.69, 9.17) is 5.11 Å². The van der Waals surface area contributed by atoms with Crippen molar-refractivity contribution < 1.29 is 15.4 Å². The highest BCUT2D eigenvalue weighted by Gasteiger charge is 2.24. The minimum absolute atomic E-state index is 0. The van der Waals surface area contributed by atoms with Gasteiger partial charge in [-0.3, -0.25) is 0 Å². The zero-order valence-corrected chi connectivity index (χ0v) is 10.4. The van der Waals surface area contributed by atoms with Crippen LogP contribution in [0.4, 0.5) is 5.69 Å². The fourth-order valence-electron chi connectivity index (χ4n) is 2.31. The summed E-state index contributed by atoms with van der Waals surface area (Å²) in [6.45, 7) is 1.28. The van der Waals surface area contributed by atoms with Crippen LogP contribution in [0.3, 0.4) is 0 Å². The summed E-state index contributed by atoms with van der Waals surface area (Å²) >= 11 is 0. The van der Waals surface area contributed by atoms with E-state index in [0.717, 1.165) is 17.8 Å². The number of aliphatic carboxylic acids is 1. The molecule has 4 nitrogen and oxygen atoms in total. The Balaban J connectivity index is 0.000000810. The number of hydrogen-bond acceptors (Lipinski definition) is 2. The second-order valence-electron chi connectivity index (χ2n) is 4.04. The van der Waals surface area contributed by atoms with Crippen LogP contribution >= 0.6 is 12.4 Å². The van der Waals surface area contributed by atoms with E-state index >= 15 is 0 Å². The zero-order chi connectivity index (χ0) is 11.1. The molecule has 0 saturated carbocycles. The van der Waals surface area contributed by atoms with Gasteiger partial charge in [0.1, 0.15) is 0 Å². The molecule has 1 aromatic carbocycles. The molecule has 0 bridgehead atoms. The number of nitrogens with zero attached hydrogens (tertiary/aromatic N) is 1. The Labute approximate surface area is 111 Å². The molecule has 96 valence electrons. The van der Waals surface area contributed by atoms with E-state index in [0.29, 0.717) is 12.1 Å². The highest BCUT2D eigenvalue weighted by atomic mass is 35.5. The summed E-state index contributed by atoms with van der Waals surface area (Å²) in [4.78, 5) is 13.1. The topological polar surface area (TPSA) is 72.0 Å². The lowest BCUT2D eigenvalue weighted by molar-refractivity contribution is -0.132. The van der Waals surface area contributed by atoms with Gasteiger partial charge in [-0.25, -0.2) is 4.79 Å². The van der Waals surface area contributed by atoms with E-state index in [-0.39, 0.29) is 17.9 Å². The molecule has 0 fully saturated rings. The lowest BCUT2D eigenvalue weighted by atomic mass is 9.96. The van der Waals surface area contributed by atoms with Crippen molar-refractivity contribution in [1.29, 1.82) is 0 Å². The summed E-state index contributed by atoms with van der Waals surface area (Å²) in [5.41, 5.74) is 3.80. The average molecular weight is 268 g/mol. The monoisotopic (exact) mass is 267 g/mol. The van der Waals surface area contributed by atoms with Gasteiger partial charge in [0.15, 0.2) is 0 Å². The van der Waals surface area contributed by atoms with Gasteiger partial charge < -0.3 is 15.5 Å². The largest absolute Gasteiger partial charge is 0.478 e. The molecular weight excluding hydrogens is 254 g/mol. The number of benzene rings is 1. The molecular formula is C13H14ClNO3. The van der Waals surface area contributed by atoms with Gasteiger partial charge in [-0.1, -0.05) is 30.4 Å². The van der Waals surface area contributed by atoms with E-state index in [1.165, 1.54) is 5.56 Å². The van der Waals surface area contributed by atoms with Crippen molar-refractivity contribution in [3.8, 4) is 0 Å². The average Bonchev–Trinajstić information content (AvgIpc) is 2.29. The number of para-hydroxylation sites is 1. The smallest absolute Gasteiger partial charge is 0.333 e. The molecule has 2 aliphatic heterocycles. The van der Waals surface area contributed by atoms with Crippen LogP contribution in [0, 0.1) is 0 Å². The number of rotatable bonds is 1. The summed E-state index contributed by atoms with van der Waals surface area (Å²) in [5.74, 6) is -0.828. The molecule has 0 amide bonds. The minimum atomic E-state index is -0.828. The van der Waals surface area contributed by atoms with Crippen LogP contribution in [0.1, 0.15) is 11.1 Å². The molecule has 0 atom stereocenters. The second-order valence-corrected chi connectivity index (χ2v) is 4.04. The van der Waals surface area contributed by atoms with Gasteiger partial charge in [0.25, 0.3) is 0 Å². The van der Waals surface area contributed by atoms with Crippen LogP contribution in [0.5, 0.6) is 0 Å². The van der Waals surface area contributed by atoms with Gasteiger partial charge in [0.05, 0.1) is 17.8 Å². The van der Waals surface area contributed by atoms with Crippen LogP contribution in [0.25, 0.3) is 12.2 Å². The Hall–Kier alpha value is -1.78. The van der Waals surface area contributed by atoms with Crippen molar-refractivity contribution >= 4 is 36.2 Å². The zero-order valence-electron chi connectivity index (χ0n) is 9.59. The molecule has 0 aromatic heterocycles. The van der Waals surface area contributed by atoms with Gasteiger partial charge in [-0.15, -0.1) is 12.4 Å². The fourth-order valence-corrected chi connectivity index (χ4v) is 2.31. The predicted octanol–water partition coefficient (Wildman–Crippen LogP) is 1.60. The van der Waals surface area contributed by atoms with Crippen molar-refractivity contribution in [2.75, 3.05) is 18.0 Å². The number of anilines is 1. The summed E-state index contributed by atoms with van der Waals surface area (Å²) in [6.07, 6.45) is 5.93.